The number of amides is 1. The first kappa shape index (κ1) is 27.8. The Hall–Kier alpha value is -4.31. The van der Waals surface area contributed by atoms with Crippen LogP contribution >= 0.6 is 0 Å². The molecule has 0 spiro atoms. The number of aromatic nitrogens is 4. The molecule has 2 aromatic heterocycles. The summed E-state index contributed by atoms with van der Waals surface area (Å²) >= 11 is 0. The molecule has 2 saturated heterocycles. The molecule has 0 saturated carbocycles. The van der Waals surface area contributed by atoms with Gasteiger partial charge in [-0.05, 0) is 43.1 Å². The van der Waals surface area contributed by atoms with Gasteiger partial charge in [-0.3, -0.25) is 4.79 Å². The highest BCUT2D eigenvalue weighted by Gasteiger charge is 2.32. The minimum Gasteiger partial charge on any atom is -0.445 e. The Kier molecular flexibility index (Phi) is 8.14. The molecular weight excluding hydrogens is 532 g/mol. The van der Waals surface area contributed by atoms with Crippen LogP contribution in [0.25, 0.3) is 11.2 Å². The number of hydrogen-bond acceptors (Lipinski definition) is 8. The number of nitrogens with one attached hydrogen (secondary N) is 1. The zero-order valence-corrected chi connectivity index (χ0v) is 23.9. The molecule has 2 aliphatic heterocycles. The van der Waals surface area contributed by atoms with E-state index >= 15 is 0 Å². The highest BCUT2D eigenvalue weighted by atomic mass is 16.5. The fourth-order valence-corrected chi connectivity index (χ4v) is 5.56. The highest BCUT2D eigenvalue weighted by Crippen LogP contribution is 2.33. The molecule has 1 atom stereocenters. The number of rotatable bonds is 8. The van der Waals surface area contributed by atoms with E-state index in [0.29, 0.717) is 35.6 Å². The number of anilines is 1. The molecule has 2 aliphatic rings. The Balaban J connectivity index is 1.14. The van der Waals surface area contributed by atoms with Gasteiger partial charge in [0.15, 0.2) is 17.6 Å². The van der Waals surface area contributed by atoms with Gasteiger partial charge in [-0.1, -0.05) is 67.6 Å². The van der Waals surface area contributed by atoms with E-state index in [1.165, 1.54) is 0 Å². The number of fused-ring (bicyclic) bond motifs is 1. The summed E-state index contributed by atoms with van der Waals surface area (Å²) in [5, 5.41) is 7.67. The molecular formula is C32H36N6O4. The first-order valence-corrected chi connectivity index (χ1v) is 14.7. The summed E-state index contributed by atoms with van der Waals surface area (Å²) in [4.78, 5) is 37.6. The second-order valence-electron chi connectivity index (χ2n) is 11.4. The van der Waals surface area contributed by atoms with Crippen LogP contribution in [-0.2, 0) is 16.1 Å². The van der Waals surface area contributed by atoms with Crippen molar-refractivity contribution in [2.75, 3.05) is 31.1 Å². The molecule has 0 aliphatic carbocycles. The van der Waals surface area contributed by atoms with Gasteiger partial charge >= 0.3 is 6.09 Å². The predicted molar refractivity (Wildman–Crippen MR) is 158 cm³/mol. The van der Waals surface area contributed by atoms with Crippen LogP contribution in [0.15, 0.2) is 66.9 Å². The molecule has 1 unspecified atom stereocenters. The lowest BCUT2D eigenvalue weighted by Gasteiger charge is -2.39. The van der Waals surface area contributed by atoms with Gasteiger partial charge < -0.3 is 19.7 Å². The van der Waals surface area contributed by atoms with E-state index < -0.39 is 6.09 Å². The summed E-state index contributed by atoms with van der Waals surface area (Å²) in [5.41, 5.74) is 2.80. The van der Waals surface area contributed by atoms with Crippen molar-refractivity contribution < 1.29 is 19.1 Å². The molecule has 0 radical (unpaired) electrons. The summed E-state index contributed by atoms with van der Waals surface area (Å²) < 4.78 is 13.2. The molecule has 4 aromatic rings. The van der Waals surface area contributed by atoms with Gasteiger partial charge in [0, 0.05) is 31.8 Å². The summed E-state index contributed by atoms with van der Waals surface area (Å²) in [7, 11) is 0. The van der Waals surface area contributed by atoms with Gasteiger partial charge in [0.05, 0.1) is 6.20 Å². The third-order valence-electron chi connectivity index (χ3n) is 8.24. The molecule has 1 amide bonds. The first-order valence-electron chi connectivity index (χ1n) is 14.7. The van der Waals surface area contributed by atoms with Crippen LogP contribution in [0.5, 0.6) is 0 Å². The second-order valence-corrected chi connectivity index (χ2v) is 11.4. The number of hydrogen-bond donors (Lipinski definition) is 1. The Labute approximate surface area is 245 Å². The molecule has 4 heterocycles. The third kappa shape index (κ3) is 6.13. The van der Waals surface area contributed by atoms with E-state index in [4.69, 9.17) is 24.5 Å². The zero-order valence-electron chi connectivity index (χ0n) is 23.9. The zero-order chi connectivity index (χ0) is 28.9. The average molecular weight is 569 g/mol. The standard InChI is InChI=1S/C32H36N6O4/c1-32(22-34-31(40)42-21-23-10-4-2-5-11-23)15-17-37(18-16-32)25-20-33-28-27(29(39)24-12-6-3-7-13-24)36-38(30(28)35-25)26-14-8-9-19-41-26/h2-7,10-13,20,26H,8-9,14-19,21-22H2,1H3,(H,34,40). The number of piperidine rings is 1. The minimum atomic E-state index is -0.405. The molecule has 0 bridgehead atoms. The molecule has 218 valence electrons. The normalized spacial score (nSPS) is 18.5. The quantitative estimate of drug-likeness (QED) is 0.286. The summed E-state index contributed by atoms with van der Waals surface area (Å²) in [5.74, 6) is 0.566. The highest BCUT2D eigenvalue weighted by molar-refractivity contribution is 6.13. The maximum absolute atomic E-state index is 13.4. The smallest absolute Gasteiger partial charge is 0.407 e. The topological polar surface area (TPSA) is 111 Å². The van der Waals surface area contributed by atoms with Crippen LogP contribution in [0.3, 0.4) is 0 Å². The van der Waals surface area contributed by atoms with Crippen molar-refractivity contribution in [2.24, 2.45) is 5.41 Å². The summed E-state index contributed by atoms with van der Waals surface area (Å²) in [6.45, 7) is 5.16. The maximum atomic E-state index is 13.4. The van der Waals surface area contributed by atoms with Crippen LogP contribution in [0.4, 0.5) is 10.6 Å². The van der Waals surface area contributed by atoms with Crippen LogP contribution in [-0.4, -0.2) is 57.9 Å². The van der Waals surface area contributed by atoms with Gasteiger partial charge in [0.1, 0.15) is 17.9 Å². The van der Waals surface area contributed by atoms with E-state index in [9.17, 15) is 9.59 Å². The monoisotopic (exact) mass is 568 g/mol. The number of carbonyl (C=O) groups is 2. The van der Waals surface area contributed by atoms with Crippen molar-refractivity contribution in [3.8, 4) is 0 Å². The number of nitrogens with zero attached hydrogens (tertiary/aromatic N) is 5. The summed E-state index contributed by atoms with van der Waals surface area (Å²) in [6.07, 6.45) is 5.64. The van der Waals surface area contributed by atoms with Crippen LogP contribution in [0, 0.1) is 5.41 Å². The van der Waals surface area contributed by atoms with Gasteiger partial charge in [0.25, 0.3) is 0 Å². The fraction of sp³-hybridized carbons (Fsp3) is 0.406. The molecule has 1 N–H and O–H groups in total. The molecule has 6 rings (SSSR count). The minimum absolute atomic E-state index is 0.0627. The number of carbonyl (C=O) groups excluding carboxylic acids is 2. The predicted octanol–water partition coefficient (Wildman–Crippen LogP) is 5.29. The SMILES string of the molecule is CC1(CNC(=O)OCc2ccccc2)CCN(c2cnc3c(C(=O)c4ccccc4)nn(C4CCCCO4)c3n2)CC1. The van der Waals surface area contributed by atoms with Crippen molar-refractivity contribution >= 4 is 28.9 Å². The lowest BCUT2D eigenvalue weighted by Crippen LogP contribution is -2.45. The Morgan fingerprint density at radius 1 is 1.05 bits per heavy atom. The maximum Gasteiger partial charge on any atom is 0.407 e. The van der Waals surface area contributed by atoms with E-state index in [1.807, 2.05) is 48.5 Å². The molecule has 10 heteroatoms. The molecule has 2 fully saturated rings. The van der Waals surface area contributed by atoms with Crippen LogP contribution < -0.4 is 10.2 Å². The van der Waals surface area contributed by atoms with E-state index in [2.05, 4.69) is 17.1 Å². The lowest BCUT2D eigenvalue weighted by molar-refractivity contribution is -0.0371. The number of ether oxygens (including phenoxy) is 2. The van der Waals surface area contributed by atoms with Crippen molar-refractivity contribution in [3.05, 3.63) is 83.7 Å². The van der Waals surface area contributed by atoms with E-state index in [0.717, 1.165) is 56.6 Å². The Bertz CT molecular complexity index is 1530. The number of ketones is 1. The van der Waals surface area contributed by atoms with Gasteiger partial charge in [0.2, 0.25) is 5.78 Å². The van der Waals surface area contributed by atoms with Crippen molar-refractivity contribution in [2.45, 2.75) is 51.9 Å². The van der Waals surface area contributed by atoms with Crippen molar-refractivity contribution in [3.63, 3.8) is 0 Å². The molecule has 42 heavy (non-hydrogen) atoms. The van der Waals surface area contributed by atoms with Gasteiger partial charge in [-0.25, -0.2) is 19.4 Å². The molecule has 2 aromatic carbocycles. The van der Waals surface area contributed by atoms with E-state index in [-0.39, 0.29) is 24.0 Å². The number of benzene rings is 2. The van der Waals surface area contributed by atoms with Crippen molar-refractivity contribution in [1.29, 1.82) is 0 Å². The lowest BCUT2D eigenvalue weighted by atomic mass is 9.80. The Morgan fingerprint density at radius 3 is 2.50 bits per heavy atom. The van der Waals surface area contributed by atoms with Gasteiger partial charge in [-0.2, -0.15) is 5.10 Å². The largest absolute Gasteiger partial charge is 0.445 e. The number of alkyl carbamates (subject to hydrolysis) is 1. The van der Waals surface area contributed by atoms with Crippen LogP contribution in [0.1, 0.15) is 66.9 Å². The average Bonchev–Trinajstić information content (AvgIpc) is 3.43. The van der Waals surface area contributed by atoms with Crippen molar-refractivity contribution in [1.82, 2.24) is 25.1 Å². The van der Waals surface area contributed by atoms with Gasteiger partial charge in [-0.15, -0.1) is 0 Å². The van der Waals surface area contributed by atoms with E-state index in [1.54, 1.807) is 23.0 Å². The first-order chi connectivity index (χ1) is 20.5. The summed E-state index contributed by atoms with van der Waals surface area (Å²) in [6, 6.07) is 18.8. The second kappa shape index (κ2) is 12.3. The Morgan fingerprint density at radius 2 is 1.79 bits per heavy atom. The third-order valence-corrected chi connectivity index (χ3v) is 8.24. The fourth-order valence-electron chi connectivity index (χ4n) is 5.56. The van der Waals surface area contributed by atoms with Crippen LogP contribution in [0.2, 0.25) is 0 Å². The molecule has 10 nitrogen and oxygen atoms in total.